The van der Waals surface area contributed by atoms with Crippen molar-refractivity contribution in [3.8, 4) is 0 Å². The molecule has 0 fully saturated rings. The number of amides is 1. The van der Waals surface area contributed by atoms with E-state index in [0.29, 0.717) is 11.4 Å². The Morgan fingerprint density at radius 1 is 1.44 bits per heavy atom. The van der Waals surface area contributed by atoms with Gasteiger partial charge in [-0.1, -0.05) is 11.6 Å². The minimum Gasteiger partial charge on any atom is -0.307 e. The van der Waals surface area contributed by atoms with E-state index in [2.05, 4.69) is 31.4 Å². The molecule has 0 aliphatic carbocycles. The molecule has 0 aliphatic rings. The van der Waals surface area contributed by atoms with Gasteiger partial charge in [0.05, 0.1) is 11.8 Å². The van der Waals surface area contributed by atoms with Gasteiger partial charge >= 0.3 is 0 Å². The lowest BCUT2D eigenvalue weighted by Gasteiger charge is -2.05. The molecule has 1 heterocycles. The highest BCUT2D eigenvalue weighted by molar-refractivity contribution is 9.10. The number of aryl methyl sites for hydroxylation is 1. The van der Waals surface area contributed by atoms with Crippen molar-refractivity contribution >= 4 is 27.7 Å². The second kappa shape index (κ2) is 4.49. The van der Waals surface area contributed by atoms with Gasteiger partial charge in [-0.2, -0.15) is 5.10 Å². The first-order valence-corrected chi connectivity index (χ1v) is 5.53. The predicted octanol–water partition coefficient (Wildman–Crippen LogP) is 2.73. The first-order valence-electron chi connectivity index (χ1n) is 4.73. The summed E-state index contributed by atoms with van der Waals surface area (Å²) in [5.41, 5.74) is 1.65. The molecule has 0 saturated heterocycles. The third-order valence-electron chi connectivity index (χ3n) is 2.12. The quantitative estimate of drug-likeness (QED) is 0.888. The molecule has 0 aliphatic heterocycles. The summed E-state index contributed by atoms with van der Waals surface area (Å²) in [6.07, 6.45) is 1.58. The number of H-pyrrole nitrogens is 1. The molecule has 2 N–H and O–H groups in total. The Bertz CT molecular complexity index is 508. The van der Waals surface area contributed by atoms with E-state index in [-0.39, 0.29) is 5.91 Å². The van der Waals surface area contributed by atoms with E-state index >= 15 is 0 Å². The maximum Gasteiger partial charge on any atom is 0.257 e. The molecule has 82 valence electrons. The molecule has 5 heteroatoms. The second-order valence-corrected chi connectivity index (χ2v) is 4.26. The Kier molecular flexibility index (Phi) is 3.05. The monoisotopic (exact) mass is 279 g/mol. The van der Waals surface area contributed by atoms with Crippen LogP contribution in [0, 0.1) is 6.92 Å². The number of nitrogens with one attached hydrogen (secondary N) is 2. The number of benzene rings is 1. The van der Waals surface area contributed by atoms with Gasteiger partial charge in [-0.05, 0) is 35.0 Å². The van der Waals surface area contributed by atoms with Gasteiger partial charge in [-0.15, -0.1) is 0 Å². The summed E-state index contributed by atoms with van der Waals surface area (Å²) in [5, 5.41) is 9.15. The van der Waals surface area contributed by atoms with Crippen LogP contribution < -0.4 is 5.32 Å². The number of aromatic amines is 1. The topological polar surface area (TPSA) is 57.8 Å². The van der Waals surface area contributed by atoms with Crippen molar-refractivity contribution in [2.75, 3.05) is 5.32 Å². The number of carbonyl (C=O) groups is 1. The van der Waals surface area contributed by atoms with Crippen molar-refractivity contribution in [2.24, 2.45) is 0 Å². The molecule has 16 heavy (non-hydrogen) atoms. The molecule has 0 unspecified atom stereocenters. The van der Waals surface area contributed by atoms with Gasteiger partial charge < -0.3 is 5.32 Å². The third-order valence-corrected chi connectivity index (χ3v) is 2.81. The lowest BCUT2D eigenvalue weighted by atomic mass is 10.1. The van der Waals surface area contributed by atoms with Crippen molar-refractivity contribution in [2.45, 2.75) is 6.92 Å². The molecule has 4 nitrogen and oxygen atoms in total. The number of aromatic nitrogens is 2. The smallest absolute Gasteiger partial charge is 0.257 e. The van der Waals surface area contributed by atoms with Crippen LogP contribution in [0.1, 0.15) is 15.9 Å². The Hall–Kier alpha value is -1.62. The highest BCUT2D eigenvalue weighted by Crippen LogP contribution is 2.19. The van der Waals surface area contributed by atoms with E-state index in [1.807, 2.05) is 25.1 Å². The summed E-state index contributed by atoms with van der Waals surface area (Å²) in [5.74, 6) is 0.415. The van der Waals surface area contributed by atoms with Crippen LogP contribution in [0.5, 0.6) is 0 Å². The van der Waals surface area contributed by atoms with Crippen LogP contribution in [0.2, 0.25) is 0 Å². The molecule has 0 bridgehead atoms. The zero-order valence-corrected chi connectivity index (χ0v) is 10.2. The lowest BCUT2D eigenvalue weighted by molar-refractivity contribution is 0.102. The van der Waals surface area contributed by atoms with Crippen LogP contribution in [0.15, 0.2) is 34.9 Å². The summed E-state index contributed by atoms with van der Waals surface area (Å²) in [6.45, 7) is 1.94. The van der Waals surface area contributed by atoms with E-state index in [0.717, 1.165) is 10.0 Å². The van der Waals surface area contributed by atoms with Crippen molar-refractivity contribution in [1.29, 1.82) is 0 Å². The molecule has 0 radical (unpaired) electrons. The van der Waals surface area contributed by atoms with Crippen LogP contribution in [0.3, 0.4) is 0 Å². The van der Waals surface area contributed by atoms with Gasteiger partial charge in [-0.25, -0.2) is 0 Å². The number of hydrogen-bond donors (Lipinski definition) is 2. The first-order chi connectivity index (χ1) is 7.66. The van der Waals surface area contributed by atoms with E-state index in [1.54, 1.807) is 12.3 Å². The summed E-state index contributed by atoms with van der Waals surface area (Å²) in [7, 11) is 0. The zero-order valence-electron chi connectivity index (χ0n) is 8.62. The SMILES string of the molecule is Cc1ccc(Br)c(C(=O)Nc2ccn[nH]2)c1. The molecular formula is C11H10BrN3O. The normalized spacial score (nSPS) is 10.1. The number of anilines is 1. The molecule has 1 amide bonds. The van der Waals surface area contributed by atoms with E-state index < -0.39 is 0 Å². The molecule has 1 aromatic heterocycles. The highest BCUT2D eigenvalue weighted by Gasteiger charge is 2.10. The van der Waals surface area contributed by atoms with Crippen LogP contribution in [-0.4, -0.2) is 16.1 Å². The largest absolute Gasteiger partial charge is 0.307 e. The number of carbonyl (C=O) groups excluding carboxylic acids is 1. The summed E-state index contributed by atoms with van der Waals surface area (Å²) >= 11 is 3.35. The fourth-order valence-electron chi connectivity index (χ4n) is 1.33. The average molecular weight is 280 g/mol. The van der Waals surface area contributed by atoms with Crippen LogP contribution in [-0.2, 0) is 0 Å². The Labute approximate surface area is 101 Å². The fourth-order valence-corrected chi connectivity index (χ4v) is 1.75. The maximum absolute atomic E-state index is 11.9. The standard InChI is InChI=1S/C11H10BrN3O/c1-7-2-3-9(12)8(6-7)11(16)14-10-4-5-13-15-10/h2-6H,1H3,(H2,13,14,15,16). The predicted molar refractivity (Wildman–Crippen MR) is 65.4 cm³/mol. The lowest BCUT2D eigenvalue weighted by Crippen LogP contribution is -2.13. The summed E-state index contributed by atoms with van der Waals surface area (Å²) in [6, 6.07) is 7.33. The third kappa shape index (κ3) is 2.30. The van der Waals surface area contributed by atoms with Gasteiger partial charge in [0.15, 0.2) is 0 Å². The Morgan fingerprint density at radius 3 is 2.94 bits per heavy atom. The molecule has 0 saturated carbocycles. The van der Waals surface area contributed by atoms with Crippen molar-refractivity contribution in [3.63, 3.8) is 0 Å². The van der Waals surface area contributed by atoms with Crippen LogP contribution >= 0.6 is 15.9 Å². The summed E-state index contributed by atoms with van der Waals surface area (Å²) in [4.78, 5) is 11.9. The minimum atomic E-state index is -0.167. The van der Waals surface area contributed by atoms with Gasteiger partial charge in [0.2, 0.25) is 0 Å². The summed E-state index contributed by atoms with van der Waals surface area (Å²) < 4.78 is 0.773. The van der Waals surface area contributed by atoms with Crippen LogP contribution in [0.4, 0.5) is 5.82 Å². The molecule has 0 atom stereocenters. The maximum atomic E-state index is 11.9. The van der Waals surface area contributed by atoms with Crippen molar-refractivity contribution in [3.05, 3.63) is 46.1 Å². The number of halogens is 1. The van der Waals surface area contributed by atoms with E-state index in [4.69, 9.17) is 0 Å². The van der Waals surface area contributed by atoms with Crippen molar-refractivity contribution in [1.82, 2.24) is 10.2 Å². The molecule has 2 aromatic rings. The van der Waals surface area contributed by atoms with Gasteiger partial charge in [0.25, 0.3) is 5.91 Å². The zero-order chi connectivity index (χ0) is 11.5. The van der Waals surface area contributed by atoms with Crippen molar-refractivity contribution < 1.29 is 4.79 Å². The Balaban J connectivity index is 2.24. The van der Waals surface area contributed by atoms with E-state index in [9.17, 15) is 4.79 Å². The molecule has 0 spiro atoms. The molecular weight excluding hydrogens is 270 g/mol. The first kappa shape index (κ1) is 10.9. The van der Waals surface area contributed by atoms with E-state index in [1.165, 1.54) is 0 Å². The van der Waals surface area contributed by atoms with Gasteiger partial charge in [-0.3, -0.25) is 9.89 Å². The molecule has 1 aromatic carbocycles. The number of nitrogens with zero attached hydrogens (tertiary/aromatic N) is 1. The fraction of sp³-hybridized carbons (Fsp3) is 0.0909. The minimum absolute atomic E-state index is 0.167. The highest BCUT2D eigenvalue weighted by atomic mass is 79.9. The average Bonchev–Trinajstić information content (AvgIpc) is 2.74. The number of rotatable bonds is 2. The molecule has 2 rings (SSSR count). The second-order valence-electron chi connectivity index (χ2n) is 3.41. The number of hydrogen-bond acceptors (Lipinski definition) is 2. The Morgan fingerprint density at radius 2 is 2.25 bits per heavy atom. The van der Waals surface area contributed by atoms with Crippen LogP contribution in [0.25, 0.3) is 0 Å². The van der Waals surface area contributed by atoms with Gasteiger partial charge in [0.1, 0.15) is 5.82 Å². The van der Waals surface area contributed by atoms with Gasteiger partial charge in [0, 0.05) is 10.5 Å².